The van der Waals surface area contributed by atoms with Gasteiger partial charge in [-0.2, -0.15) is 0 Å². The van der Waals surface area contributed by atoms with Crippen molar-refractivity contribution in [1.29, 1.82) is 0 Å². The van der Waals surface area contributed by atoms with Crippen LogP contribution in [0, 0.1) is 5.92 Å². The van der Waals surface area contributed by atoms with Crippen LogP contribution in [0.5, 0.6) is 0 Å². The van der Waals surface area contributed by atoms with Crippen molar-refractivity contribution in [3.05, 3.63) is 0 Å². The van der Waals surface area contributed by atoms with Crippen LogP contribution in [-0.2, 0) is 4.74 Å². The van der Waals surface area contributed by atoms with Crippen molar-refractivity contribution in [2.45, 2.75) is 45.4 Å². The molecule has 86 valence electrons. The number of likely N-dealkylation sites (tertiary alicyclic amines) is 1. The third-order valence-electron chi connectivity index (χ3n) is 3.25. The molecule has 2 heterocycles. The summed E-state index contributed by atoms with van der Waals surface area (Å²) in [5, 5.41) is 3.40. The highest BCUT2D eigenvalue weighted by atomic mass is 16.6. The molecule has 0 aromatic heterocycles. The molecule has 3 atom stereocenters. The lowest BCUT2D eigenvalue weighted by atomic mass is 10.0. The maximum absolute atomic E-state index is 11.9. The van der Waals surface area contributed by atoms with E-state index in [2.05, 4.69) is 12.2 Å². The van der Waals surface area contributed by atoms with E-state index in [1.54, 1.807) is 0 Å². The van der Waals surface area contributed by atoms with Crippen LogP contribution in [0.25, 0.3) is 0 Å². The third-order valence-corrected chi connectivity index (χ3v) is 3.25. The van der Waals surface area contributed by atoms with Gasteiger partial charge in [0.1, 0.15) is 5.60 Å². The predicted octanol–water partition coefficient (Wildman–Crippen LogP) is 1.21. The molecule has 2 aliphatic heterocycles. The van der Waals surface area contributed by atoms with Crippen molar-refractivity contribution in [1.82, 2.24) is 10.2 Å². The van der Waals surface area contributed by atoms with E-state index >= 15 is 0 Å². The number of nitrogens with zero attached hydrogens (tertiary/aromatic N) is 1. The van der Waals surface area contributed by atoms with E-state index in [1.807, 2.05) is 25.7 Å². The zero-order chi connectivity index (χ0) is 11.2. The van der Waals surface area contributed by atoms with Gasteiger partial charge in [-0.3, -0.25) is 0 Å². The van der Waals surface area contributed by atoms with E-state index in [0.717, 1.165) is 13.1 Å². The molecule has 4 nitrogen and oxygen atoms in total. The Morgan fingerprint density at radius 1 is 1.47 bits per heavy atom. The molecule has 0 aromatic carbocycles. The summed E-state index contributed by atoms with van der Waals surface area (Å²) in [7, 11) is 0. The molecule has 2 rings (SSSR count). The van der Waals surface area contributed by atoms with Crippen LogP contribution >= 0.6 is 0 Å². The Bertz CT molecular complexity index is 272. The molecule has 2 aliphatic rings. The molecule has 0 spiro atoms. The van der Waals surface area contributed by atoms with Crippen molar-refractivity contribution in [3.63, 3.8) is 0 Å². The van der Waals surface area contributed by atoms with Gasteiger partial charge in [0.25, 0.3) is 0 Å². The van der Waals surface area contributed by atoms with E-state index in [9.17, 15) is 4.79 Å². The molecule has 2 fully saturated rings. The summed E-state index contributed by atoms with van der Waals surface area (Å²) in [5.74, 6) is 0.553. The van der Waals surface area contributed by atoms with Gasteiger partial charge in [0.15, 0.2) is 0 Å². The number of amides is 1. The third kappa shape index (κ3) is 1.95. The summed E-state index contributed by atoms with van der Waals surface area (Å²) >= 11 is 0. The Morgan fingerprint density at radius 3 is 2.53 bits per heavy atom. The first-order chi connectivity index (χ1) is 6.88. The highest BCUT2D eigenvalue weighted by Gasteiger charge is 2.47. The van der Waals surface area contributed by atoms with Crippen LogP contribution in [-0.4, -0.2) is 41.8 Å². The lowest BCUT2D eigenvalue weighted by Crippen LogP contribution is -2.48. The highest BCUT2D eigenvalue weighted by molar-refractivity contribution is 5.69. The van der Waals surface area contributed by atoms with Gasteiger partial charge in [-0.25, -0.2) is 4.79 Å². The van der Waals surface area contributed by atoms with Gasteiger partial charge in [0.05, 0.1) is 6.04 Å². The molecule has 0 aliphatic carbocycles. The number of piperazine rings is 1. The predicted molar refractivity (Wildman–Crippen MR) is 57.7 cm³/mol. The summed E-state index contributed by atoms with van der Waals surface area (Å²) in [6, 6.07) is 0.785. The second kappa shape index (κ2) is 3.37. The first kappa shape index (κ1) is 10.7. The fourth-order valence-corrected chi connectivity index (χ4v) is 2.41. The minimum absolute atomic E-state index is 0.164. The van der Waals surface area contributed by atoms with Gasteiger partial charge in [0.2, 0.25) is 0 Å². The van der Waals surface area contributed by atoms with E-state index in [1.165, 1.54) is 0 Å². The summed E-state index contributed by atoms with van der Waals surface area (Å²) in [4.78, 5) is 13.7. The zero-order valence-electron chi connectivity index (χ0n) is 9.91. The van der Waals surface area contributed by atoms with Crippen molar-refractivity contribution < 1.29 is 9.53 Å². The number of nitrogens with one attached hydrogen (secondary N) is 1. The van der Waals surface area contributed by atoms with Crippen LogP contribution in [0.4, 0.5) is 4.79 Å². The Hall–Kier alpha value is -0.770. The van der Waals surface area contributed by atoms with Gasteiger partial charge in [-0.05, 0) is 26.7 Å². The van der Waals surface area contributed by atoms with Crippen molar-refractivity contribution >= 4 is 6.09 Å². The summed E-state index contributed by atoms with van der Waals surface area (Å²) < 4.78 is 5.38. The summed E-state index contributed by atoms with van der Waals surface area (Å²) in [5.41, 5.74) is -0.393. The van der Waals surface area contributed by atoms with E-state index < -0.39 is 5.60 Å². The fraction of sp³-hybridized carbons (Fsp3) is 0.909. The van der Waals surface area contributed by atoms with E-state index in [0.29, 0.717) is 18.0 Å². The summed E-state index contributed by atoms with van der Waals surface area (Å²) in [6.07, 6.45) is -0.164. The Kier molecular flexibility index (Phi) is 2.41. The molecule has 0 aromatic rings. The normalized spacial score (nSPS) is 34.7. The van der Waals surface area contributed by atoms with Gasteiger partial charge in [0, 0.05) is 19.1 Å². The van der Waals surface area contributed by atoms with Crippen molar-refractivity contribution in [2.24, 2.45) is 5.92 Å². The molecular formula is C11H20N2O2. The molecule has 2 bridgehead atoms. The lowest BCUT2D eigenvalue weighted by Gasteiger charge is -2.30. The number of hydrogen-bond donors (Lipinski definition) is 1. The standard InChI is InChI=1S/C11H20N2O2/c1-7-8-6-13(9(7)5-12-8)10(14)15-11(2,3)4/h7-9,12H,5-6H2,1-4H3/t7?,8-,9-/m0/s1. The zero-order valence-corrected chi connectivity index (χ0v) is 9.91. The van der Waals surface area contributed by atoms with Crippen LogP contribution in [0.3, 0.4) is 0 Å². The van der Waals surface area contributed by atoms with Crippen LogP contribution in [0.15, 0.2) is 0 Å². The first-order valence-corrected chi connectivity index (χ1v) is 5.61. The lowest BCUT2D eigenvalue weighted by molar-refractivity contribution is 0.0195. The smallest absolute Gasteiger partial charge is 0.410 e. The molecule has 4 heteroatoms. The Morgan fingerprint density at radius 2 is 2.13 bits per heavy atom. The SMILES string of the molecule is CC1[C@@H]2CN(C(=O)OC(C)(C)C)[C@H]1CN2. The minimum atomic E-state index is -0.393. The molecule has 2 saturated heterocycles. The average molecular weight is 212 g/mol. The number of carbonyl (C=O) groups excluding carboxylic acids is 1. The quantitative estimate of drug-likeness (QED) is 0.656. The molecule has 1 amide bonds. The maximum atomic E-state index is 11.9. The minimum Gasteiger partial charge on any atom is -0.444 e. The molecule has 15 heavy (non-hydrogen) atoms. The van der Waals surface area contributed by atoms with Crippen LogP contribution in [0.2, 0.25) is 0 Å². The van der Waals surface area contributed by atoms with Gasteiger partial charge < -0.3 is 15.0 Å². The molecule has 0 radical (unpaired) electrons. The van der Waals surface area contributed by atoms with E-state index in [4.69, 9.17) is 4.74 Å². The topological polar surface area (TPSA) is 41.6 Å². The molecule has 1 N–H and O–H groups in total. The van der Waals surface area contributed by atoms with Gasteiger partial charge in [-0.15, -0.1) is 0 Å². The number of ether oxygens (including phenoxy) is 1. The Labute approximate surface area is 91.0 Å². The number of carbonyl (C=O) groups is 1. The van der Waals surface area contributed by atoms with Crippen molar-refractivity contribution in [2.75, 3.05) is 13.1 Å². The Balaban J connectivity index is 1.99. The van der Waals surface area contributed by atoms with Gasteiger partial charge >= 0.3 is 6.09 Å². The molecular weight excluding hydrogens is 192 g/mol. The second-order valence-electron chi connectivity index (χ2n) is 5.57. The maximum Gasteiger partial charge on any atom is 0.410 e. The largest absolute Gasteiger partial charge is 0.444 e. The number of rotatable bonds is 0. The van der Waals surface area contributed by atoms with Gasteiger partial charge in [-0.1, -0.05) is 6.92 Å². The molecule has 0 saturated carbocycles. The van der Waals surface area contributed by atoms with E-state index in [-0.39, 0.29) is 6.09 Å². The van der Waals surface area contributed by atoms with Crippen LogP contribution < -0.4 is 5.32 Å². The highest BCUT2D eigenvalue weighted by Crippen LogP contribution is 2.30. The van der Waals surface area contributed by atoms with Crippen LogP contribution in [0.1, 0.15) is 27.7 Å². The second-order valence-corrected chi connectivity index (χ2v) is 5.57. The number of hydrogen-bond acceptors (Lipinski definition) is 3. The fourth-order valence-electron chi connectivity index (χ4n) is 2.41. The summed E-state index contributed by atoms with van der Waals surface area (Å²) in [6.45, 7) is 9.61. The monoisotopic (exact) mass is 212 g/mol. The van der Waals surface area contributed by atoms with Crippen molar-refractivity contribution in [3.8, 4) is 0 Å². The average Bonchev–Trinajstić information content (AvgIpc) is 2.59. The number of fused-ring (bicyclic) bond motifs is 2. The first-order valence-electron chi connectivity index (χ1n) is 5.61. The molecule has 1 unspecified atom stereocenters.